The number of sulfonamides is 1. The second-order valence-electron chi connectivity index (χ2n) is 5.65. The van der Waals surface area contributed by atoms with E-state index in [-0.39, 0.29) is 29.8 Å². The van der Waals surface area contributed by atoms with Crippen molar-refractivity contribution in [3.05, 3.63) is 12.4 Å². The molecule has 8 heteroatoms. The van der Waals surface area contributed by atoms with E-state index in [2.05, 4.69) is 5.10 Å². The minimum absolute atomic E-state index is 0.0962. The standard InChI is InChI=1S/C13H23N3O4S/c1-10(2)8-16(11(3)4)21(19,20)12-7-14-15(9-12)6-5-13(17)18/h7,9-11H,5-6,8H2,1-4H3,(H,17,18). The van der Waals surface area contributed by atoms with Crippen LogP contribution in [-0.2, 0) is 21.4 Å². The van der Waals surface area contributed by atoms with Crippen molar-refractivity contribution in [3.63, 3.8) is 0 Å². The highest BCUT2D eigenvalue weighted by atomic mass is 32.2. The fourth-order valence-electron chi connectivity index (χ4n) is 1.89. The lowest BCUT2D eigenvalue weighted by Gasteiger charge is -2.26. The van der Waals surface area contributed by atoms with Crippen molar-refractivity contribution < 1.29 is 18.3 Å². The monoisotopic (exact) mass is 317 g/mol. The fourth-order valence-corrected chi connectivity index (χ4v) is 3.65. The number of aromatic nitrogens is 2. The normalized spacial score (nSPS) is 12.5. The molecule has 0 bridgehead atoms. The highest BCUT2D eigenvalue weighted by molar-refractivity contribution is 7.89. The van der Waals surface area contributed by atoms with E-state index in [0.29, 0.717) is 6.54 Å². The zero-order valence-corrected chi connectivity index (χ0v) is 13.7. The molecule has 0 amide bonds. The summed E-state index contributed by atoms with van der Waals surface area (Å²) in [6, 6.07) is -0.153. The third-order valence-electron chi connectivity index (χ3n) is 2.89. The molecule has 0 atom stereocenters. The molecule has 1 aromatic rings. The molecule has 0 radical (unpaired) electrons. The summed E-state index contributed by atoms with van der Waals surface area (Å²) in [6.07, 6.45) is 2.56. The first-order chi connectivity index (χ1) is 9.64. The van der Waals surface area contributed by atoms with Gasteiger partial charge in [-0.2, -0.15) is 9.40 Å². The Morgan fingerprint density at radius 3 is 2.48 bits per heavy atom. The number of hydrogen-bond acceptors (Lipinski definition) is 4. The number of carboxylic acid groups (broad SMARTS) is 1. The van der Waals surface area contributed by atoms with Crippen molar-refractivity contribution in [1.82, 2.24) is 14.1 Å². The fraction of sp³-hybridized carbons (Fsp3) is 0.692. The van der Waals surface area contributed by atoms with Crippen molar-refractivity contribution in [1.29, 1.82) is 0 Å². The number of nitrogens with zero attached hydrogens (tertiary/aromatic N) is 3. The van der Waals surface area contributed by atoms with Gasteiger partial charge in [-0.05, 0) is 19.8 Å². The van der Waals surface area contributed by atoms with Gasteiger partial charge in [0.2, 0.25) is 10.0 Å². The van der Waals surface area contributed by atoms with Gasteiger partial charge >= 0.3 is 5.97 Å². The first-order valence-corrected chi connectivity index (χ1v) is 8.34. The maximum atomic E-state index is 12.6. The Balaban J connectivity index is 2.97. The van der Waals surface area contributed by atoms with Gasteiger partial charge < -0.3 is 5.11 Å². The number of carbonyl (C=O) groups is 1. The smallest absolute Gasteiger partial charge is 0.305 e. The zero-order chi connectivity index (χ0) is 16.2. The molecule has 1 aromatic heterocycles. The maximum Gasteiger partial charge on any atom is 0.305 e. The van der Waals surface area contributed by atoms with Gasteiger partial charge in [0.25, 0.3) is 0 Å². The van der Waals surface area contributed by atoms with Crippen LogP contribution in [0, 0.1) is 5.92 Å². The molecular formula is C13H23N3O4S. The SMILES string of the molecule is CC(C)CN(C(C)C)S(=O)(=O)c1cnn(CCC(=O)O)c1. The predicted octanol–water partition coefficient (Wildman–Crippen LogP) is 1.41. The Morgan fingerprint density at radius 1 is 1.38 bits per heavy atom. The van der Waals surface area contributed by atoms with Crippen LogP contribution in [0.15, 0.2) is 17.3 Å². The summed E-state index contributed by atoms with van der Waals surface area (Å²) in [4.78, 5) is 10.6. The number of carboxylic acids is 1. The molecule has 120 valence electrons. The lowest BCUT2D eigenvalue weighted by Crippen LogP contribution is -2.39. The lowest BCUT2D eigenvalue weighted by molar-refractivity contribution is -0.137. The Kier molecular flexibility index (Phi) is 5.91. The molecule has 1 rings (SSSR count). The second-order valence-corrected chi connectivity index (χ2v) is 7.54. The van der Waals surface area contributed by atoms with Crippen LogP contribution < -0.4 is 0 Å². The van der Waals surface area contributed by atoms with E-state index in [4.69, 9.17) is 5.11 Å². The summed E-state index contributed by atoms with van der Waals surface area (Å²) in [5, 5.41) is 12.6. The van der Waals surface area contributed by atoms with Crippen LogP contribution in [0.25, 0.3) is 0 Å². The second kappa shape index (κ2) is 7.04. The highest BCUT2D eigenvalue weighted by Crippen LogP contribution is 2.19. The van der Waals surface area contributed by atoms with Crippen molar-refractivity contribution in [2.75, 3.05) is 6.54 Å². The molecule has 0 aliphatic rings. The Morgan fingerprint density at radius 2 is 2.00 bits per heavy atom. The van der Waals surface area contributed by atoms with E-state index in [0.717, 1.165) is 0 Å². The molecule has 0 aromatic carbocycles. The van der Waals surface area contributed by atoms with E-state index in [9.17, 15) is 13.2 Å². The number of hydrogen-bond donors (Lipinski definition) is 1. The summed E-state index contributed by atoms with van der Waals surface area (Å²) in [6.45, 7) is 8.16. The zero-order valence-electron chi connectivity index (χ0n) is 12.9. The molecule has 0 aliphatic heterocycles. The van der Waals surface area contributed by atoms with Crippen molar-refractivity contribution in [3.8, 4) is 0 Å². The first-order valence-electron chi connectivity index (χ1n) is 6.90. The molecule has 0 unspecified atom stereocenters. The van der Waals surface area contributed by atoms with Crippen molar-refractivity contribution in [2.24, 2.45) is 5.92 Å². The number of aliphatic carboxylic acids is 1. The third kappa shape index (κ3) is 4.82. The van der Waals surface area contributed by atoms with Gasteiger partial charge in [0.1, 0.15) is 4.90 Å². The van der Waals surface area contributed by atoms with Crippen LogP contribution >= 0.6 is 0 Å². The molecule has 0 fully saturated rings. The van der Waals surface area contributed by atoms with Gasteiger partial charge in [-0.3, -0.25) is 9.48 Å². The van der Waals surface area contributed by atoms with Gasteiger partial charge in [-0.1, -0.05) is 13.8 Å². The molecule has 1 heterocycles. The topological polar surface area (TPSA) is 92.5 Å². The Labute approximate surface area is 125 Å². The van der Waals surface area contributed by atoms with Crippen molar-refractivity contribution >= 4 is 16.0 Å². The molecule has 1 N–H and O–H groups in total. The van der Waals surface area contributed by atoms with Crippen LogP contribution in [0.2, 0.25) is 0 Å². The average molecular weight is 317 g/mol. The minimum Gasteiger partial charge on any atom is -0.481 e. The van der Waals surface area contributed by atoms with E-state index in [1.807, 2.05) is 27.7 Å². The number of aryl methyl sites for hydroxylation is 1. The highest BCUT2D eigenvalue weighted by Gasteiger charge is 2.28. The van der Waals surface area contributed by atoms with Crippen LogP contribution in [0.5, 0.6) is 0 Å². The third-order valence-corrected chi connectivity index (χ3v) is 4.89. The minimum atomic E-state index is -3.61. The van der Waals surface area contributed by atoms with E-state index in [1.165, 1.54) is 21.4 Å². The van der Waals surface area contributed by atoms with E-state index >= 15 is 0 Å². The van der Waals surface area contributed by atoms with Crippen molar-refractivity contribution in [2.45, 2.75) is 51.6 Å². The molecule has 0 saturated heterocycles. The summed E-state index contributed by atoms with van der Waals surface area (Å²) in [7, 11) is -3.61. The maximum absolute atomic E-state index is 12.6. The van der Waals surface area contributed by atoms with Crippen LogP contribution in [0.3, 0.4) is 0 Å². The van der Waals surface area contributed by atoms with Gasteiger partial charge in [-0.25, -0.2) is 8.42 Å². The Hall–Kier alpha value is -1.41. The number of rotatable bonds is 8. The van der Waals surface area contributed by atoms with Crippen LogP contribution in [-0.4, -0.2) is 46.2 Å². The quantitative estimate of drug-likeness (QED) is 0.782. The van der Waals surface area contributed by atoms with Gasteiger partial charge in [-0.15, -0.1) is 0 Å². The largest absolute Gasteiger partial charge is 0.481 e. The summed E-state index contributed by atoms with van der Waals surface area (Å²) in [5.74, 6) is -0.734. The van der Waals surface area contributed by atoms with Crippen LogP contribution in [0.4, 0.5) is 0 Å². The molecule has 7 nitrogen and oxygen atoms in total. The summed E-state index contributed by atoms with van der Waals surface area (Å²) < 4.78 is 28.0. The van der Waals surface area contributed by atoms with Gasteiger partial charge in [0.15, 0.2) is 0 Å². The van der Waals surface area contributed by atoms with Gasteiger partial charge in [0, 0.05) is 18.8 Å². The van der Waals surface area contributed by atoms with E-state index < -0.39 is 16.0 Å². The molecule has 0 spiro atoms. The van der Waals surface area contributed by atoms with E-state index in [1.54, 1.807) is 0 Å². The molecular weight excluding hydrogens is 294 g/mol. The lowest BCUT2D eigenvalue weighted by atomic mass is 10.2. The average Bonchev–Trinajstić information content (AvgIpc) is 2.82. The van der Waals surface area contributed by atoms with Crippen LogP contribution in [0.1, 0.15) is 34.1 Å². The molecule has 0 aliphatic carbocycles. The predicted molar refractivity (Wildman–Crippen MR) is 78.3 cm³/mol. The summed E-state index contributed by atoms with van der Waals surface area (Å²) in [5.41, 5.74) is 0. The molecule has 21 heavy (non-hydrogen) atoms. The molecule has 0 saturated carbocycles. The Bertz CT molecular complexity index is 578. The van der Waals surface area contributed by atoms with Gasteiger partial charge in [0.05, 0.1) is 19.2 Å². The summed E-state index contributed by atoms with van der Waals surface area (Å²) >= 11 is 0. The first kappa shape index (κ1) is 17.6.